The highest BCUT2D eigenvalue weighted by molar-refractivity contribution is 5.26. The minimum absolute atomic E-state index is 0.0288. The largest absolute Gasteiger partial charge is 0.362 e. The maximum Gasteiger partial charge on any atom is 0.123 e. The molecule has 4 rings (SSSR count). The first-order chi connectivity index (χ1) is 9.16. The molecule has 0 N–H and O–H groups in total. The van der Waals surface area contributed by atoms with Gasteiger partial charge in [0.25, 0.3) is 0 Å². The van der Waals surface area contributed by atoms with Gasteiger partial charge in [-0.25, -0.2) is 4.39 Å². The van der Waals surface area contributed by atoms with Crippen LogP contribution in [0.4, 0.5) is 4.39 Å². The lowest BCUT2D eigenvalue weighted by molar-refractivity contribution is 0.0203. The van der Waals surface area contributed by atoms with Crippen LogP contribution in [-0.2, 0) is 4.74 Å². The fourth-order valence-corrected chi connectivity index (χ4v) is 3.83. The fourth-order valence-electron chi connectivity index (χ4n) is 3.83. The highest BCUT2D eigenvalue weighted by Gasteiger charge is 2.55. The first-order valence-electron chi connectivity index (χ1n) is 7.03. The number of hydrogen-bond donors (Lipinski definition) is 0. The predicted molar refractivity (Wildman–Crippen MR) is 71.2 cm³/mol. The van der Waals surface area contributed by atoms with Crippen LogP contribution in [0.1, 0.15) is 24.9 Å². The molecular weight excluding hydrogens is 241 g/mol. The molecule has 3 aliphatic heterocycles. The van der Waals surface area contributed by atoms with E-state index in [1.54, 1.807) is 12.1 Å². The first-order valence-corrected chi connectivity index (χ1v) is 7.03. The van der Waals surface area contributed by atoms with Gasteiger partial charge >= 0.3 is 0 Å². The number of fused-ring (bicyclic) bond motifs is 1. The molecule has 0 aromatic heterocycles. The van der Waals surface area contributed by atoms with Crippen LogP contribution in [0.2, 0.25) is 0 Å². The normalized spacial score (nSPS) is 37.8. The van der Waals surface area contributed by atoms with Crippen LogP contribution < -0.4 is 0 Å². The van der Waals surface area contributed by atoms with E-state index in [0.29, 0.717) is 18.1 Å². The summed E-state index contributed by atoms with van der Waals surface area (Å²) >= 11 is 0. The van der Waals surface area contributed by atoms with E-state index in [4.69, 9.17) is 4.74 Å². The van der Waals surface area contributed by atoms with Gasteiger partial charge in [-0.05, 0) is 31.0 Å². The zero-order valence-electron chi connectivity index (χ0n) is 11.1. The Kier molecular flexibility index (Phi) is 2.39. The van der Waals surface area contributed by atoms with Crippen LogP contribution in [0.15, 0.2) is 36.4 Å². The van der Waals surface area contributed by atoms with Crippen molar-refractivity contribution in [2.75, 3.05) is 13.1 Å². The maximum absolute atomic E-state index is 13.0. The Morgan fingerprint density at radius 3 is 2.84 bits per heavy atom. The van der Waals surface area contributed by atoms with Crippen LogP contribution in [0.25, 0.3) is 0 Å². The van der Waals surface area contributed by atoms with Gasteiger partial charge in [0.15, 0.2) is 0 Å². The molecule has 3 heteroatoms. The summed E-state index contributed by atoms with van der Waals surface area (Å²) in [4.78, 5) is 2.46. The van der Waals surface area contributed by atoms with E-state index in [1.807, 2.05) is 12.1 Å². The molecule has 4 atom stereocenters. The van der Waals surface area contributed by atoms with E-state index in [0.717, 1.165) is 19.5 Å². The van der Waals surface area contributed by atoms with Crippen LogP contribution in [-0.4, -0.2) is 29.7 Å². The summed E-state index contributed by atoms with van der Waals surface area (Å²) in [7, 11) is 0. The van der Waals surface area contributed by atoms with E-state index in [1.165, 1.54) is 5.56 Å². The van der Waals surface area contributed by atoms with E-state index in [2.05, 4.69) is 24.0 Å². The van der Waals surface area contributed by atoms with Crippen molar-refractivity contribution in [3.05, 3.63) is 47.8 Å². The Hall–Kier alpha value is -1.19. The van der Waals surface area contributed by atoms with Crippen molar-refractivity contribution in [1.29, 1.82) is 0 Å². The van der Waals surface area contributed by atoms with Gasteiger partial charge in [0.05, 0.1) is 6.10 Å². The maximum atomic E-state index is 13.0. The first kappa shape index (κ1) is 11.6. The third kappa shape index (κ3) is 1.68. The van der Waals surface area contributed by atoms with Gasteiger partial charge in [0, 0.05) is 25.0 Å². The summed E-state index contributed by atoms with van der Waals surface area (Å²) < 4.78 is 19.1. The average molecular weight is 259 g/mol. The third-order valence-corrected chi connectivity index (χ3v) is 4.98. The lowest BCUT2D eigenvalue weighted by Gasteiger charge is -2.27. The highest BCUT2D eigenvalue weighted by Crippen LogP contribution is 2.49. The molecule has 3 aliphatic rings. The van der Waals surface area contributed by atoms with Gasteiger partial charge in [0.1, 0.15) is 11.4 Å². The number of halogens is 1. The van der Waals surface area contributed by atoms with Crippen LogP contribution >= 0.6 is 0 Å². The van der Waals surface area contributed by atoms with Gasteiger partial charge in [-0.15, -0.1) is 0 Å². The highest BCUT2D eigenvalue weighted by atomic mass is 19.1. The molecule has 1 aromatic carbocycles. The van der Waals surface area contributed by atoms with E-state index in [9.17, 15) is 4.39 Å². The Balaban J connectivity index is 1.55. The van der Waals surface area contributed by atoms with Crippen molar-refractivity contribution >= 4 is 0 Å². The lowest BCUT2D eigenvalue weighted by atomic mass is 9.86. The Morgan fingerprint density at radius 2 is 2.16 bits per heavy atom. The van der Waals surface area contributed by atoms with Gasteiger partial charge in [-0.1, -0.05) is 24.3 Å². The van der Waals surface area contributed by atoms with Gasteiger partial charge in [0.2, 0.25) is 0 Å². The summed E-state index contributed by atoms with van der Waals surface area (Å²) in [6, 6.07) is 7.18. The lowest BCUT2D eigenvalue weighted by Crippen LogP contribution is -2.33. The second kappa shape index (κ2) is 3.90. The van der Waals surface area contributed by atoms with Crippen LogP contribution in [0.3, 0.4) is 0 Å². The Morgan fingerprint density at radius 1 is 1.37 bits per heavy atom. The van der Waals surface area contributed by atoms with Crippen molar-refractivity contribution in [2.45, 2.75) is 31.1 Å². The smallest absolute Gasteiger partial charge is 0.123 e. The van der Waals surface area contributed by atoms with Crippen molar-refractivity contribution in [3.8, 4) is 0 Å². The molecule has 1 spiro atoms. The number of likely N-dealkylation sites (tertiary alicyclic amines) is 1. The number of rotatable bonds is 2. The minimum atomic E-state index is -0.169. The quantitative estimate of drug-likeness (QED) is 0.757. The van der Waals surface area contributed by atoms with Crippen molar-refractivity contribution in [3.63, 3.8) is 0 Å². The van der Waals surface area contributed by atoms with Gasteiger partial charge < -0.3 is 4.74 Å². The van der Waals surface area contributed by atoms with Gasteiger partial charge in [-0.2, -0.15) is 0 Å². The Bertz CT molecular complexity index is 526. The topological polar surface area (TPSA) is 12.5 Å². The van der Waals surface area contributed by atoms with Crippen LogP contribution in [0.5, 0.6) is 0 Å². The predicted octanol–water partition coefficient (Wildman–Crippen LogP) is 2.92. The Labute approximate surface area is 112 Å². The second-order valence-corrected chi connectivity index (χ2v) is 6.06. The molecule has 100 valence electrons. The number of benzene rings is 1. The molecule has 0 amide bonds. The summed E-state index contributed by atoms with van der Waals surface area (Å²) in [5.41, 5.74) is 1.15. The average Bonchev–Trinajstić information content (AvgIpc) is 3.05. The number of hydrogen-bond acceptors (Lipinski definition) is 2. The summed E-state index contributed by atoms with van der Waals surface area (Å²) in [6.45, 7) is 4.24. The summed E-state index contributed by atoms with van der Waals surface area (Å²) in [6.07, 6.45) is 5.99. The summed E-state index contributed by atoms with van der Waals surface area (Å²) in [5, 5.41) is 0. The molecule has 1 aromatic rings. The molecule has 2 saturated heterocycles. The van der Waals surface area contributed by atoms with Gasteiger partial charge in [-0.3, -0.25) is 4.90 Å². The summed E-state index contributed by atoms with van der Waals surface area (Å²) in [5.74, 6) is 0.461. The monoisotopic (exact) mass is 259 g/mol. The number of nitrogens with zero attached hydrogens (tertiary/aromatic N) is 1. The second-order valence-electron chi connectivity index (χ2n) is 6.06. The van der Waals surface area contributed by atoms with Crippen molar-refractivity contribution < 1.29 is 9.13 Å². The number of ether oxygens (including phenoxy) is 1. The third-order valence-electron chi connectivity index (χ3n) is 4.98. The molecule has 3 heterocycles. The minimum Gasteiger partial charge on any atom is -0.362 e. The molecule has 2 nitrogen and oxygen atoms in total. The van der Waals surface area contributed by atoms with E-state index < -0.39 is 0 Å². The zero-order chi connectivity index (χ0) is 13.0. The van der Waals surface area contributed by atoms with E-state index in [-0.39, 0.29) is 11.4 Å². The molecule has 4 unspecified atom stereocenters. The molecule has 0 aliphatic carbocycles. The molecule has 19 heavy (non-hydrogen) atoms. The molecule has 2 fully saturated rings. The van der Waals surface area contributed by atoms with E-state index >= 15 is 0 Å². The molecule has 0 radical (unpaired) electrons. The molecule has 0 saturated carbocycles. The molecule has 2 bridgehead atoms. The molecular formula is C16H18FNO. The van der Waals surface area contributed by atoms with Crippen LogP contribution in [0, 0.1) is 11.7 Å². The van der Waals surface area contributed by atoms with Crippen molar-refractivity contribution in [1.82, 2.24) is 4.90 Å². The fraction of sp³-hybridized carbons (Fsp3) is 0.500. The standard InChI is InChI=1S/C16H18FNO/c1-11(12-2-4-14(17)5-3-12)18-9-13-8-15-6-7-16(13,10-18)19-15/h2-7,11,13,15H,8-10H2,1H3. The van der Waals surface area contributed by atoms with Crippen molar-refractivity contribution in [2.24, 2.45) is 5.92 Å². The zero-order valence-corrected chi connectivity index (χ0v) is 11.1. The SMILES string of the molecule is CC(c1ccc(F)cc1)N1CC2CC3C=CC2(C1)O3.